The third-order valence-electron chi connectivity index (χ3n) is 15.2. The molecule has 4 aromatic heterocycles. The average Bonchev–Trinajstić information content (AvgIpc) is 1.66. The number of rotatable bonds is 9. The maximum Gasteiger partial charge on any atom is 0.340 e. The van der Waals surface area contributed by atoms with Gasteiger partial charge >= 0.3 is 11.9 Å². The van der Waals surface area contributed by atoms with Gasteiger partial charge < -0.3 is 55.2 Å². The van der Waals surface area contributed by atoms with Crippen molar-refractivity contribution in [2.75, 3.05) is 24.6 Å². The van der Waals surface area contributed by atoms with Gasteiger partial charge in [-0.15, -0.1) is 10.2 Å². The van der Waals surface area contributed by atoms with Crippen molar-refractivity contribution in [2.45, 2.75) is 40.7 Å². The molecule has 4 aliphatic heterocycles. The van der Waals surface area contributed by atoms with E-state index in [1.165, 1.54) is 78.3 Å². The summed E-state index contributed by atoms with van der Waals surface area (Å²) >= 11 is 2.08. The highest BCUT2D eigenvalue weighted by molar-refractivity contribution is 7.93. The summed E-state index contributed by atoms with van der Waals surface area (Å²) in [6.07, 6.45) is 3.43. The van der Waals surface area contributed by atoms with Crippen LogP contribution in [-0.4, -0.2) is 115 Å². The first kappa shape index (κ1) is 65.7. The Labute approximate surface area is 560 Å². The zero-order chi connectivity index (χ0) is 68.6. The molecule has 0 aliphatic carbocycles. The largest absolute Gasteiger partial charge is 0.508 e. The van der Waals surface area contributed by atoms with Crippen molar-refractivity contribution in [2.24, 2.45) is 5.73 Å². The van der Waals surface area contributed by atoms with E-state index in [0.29, 0.717) is 77.4 Å². The van der Waals surface area contributed by atoms with Gasteiger partial charge in [-0.3, -0.25) is 4.79 Å². The second kappa shape index (κ2) is 26.5. The molecule has 0 unspecified atom stereocenters. The number of hydrogen-bond donors (Lipinski definition) is 6. The number of Topliss-reactive ketones (excluding diaryl/α,β-unsaturated/α-hetero) is 1. The van der Waals surface area contributed by atoms with Gasteiger partial charge in [0.25, 0.3) is 0 Å². The Bertz CT molecular complexity index is 4970. The normalized spacial score (nSPS) is 13.6. The van der Waals surface area contributed by atoms with Crippen LogP contribution < -0.4 is 20.5 Å². The third-order valence-corrected chi connectivity index (χ3v) is 21.4. The molecule has 0 atom stereocenters. The number of nitrogens with one attached hydrogen (secondary N) is 1. The Hall–Kier alpha value is -11.3. The number of imidazole rings is 2. The van der Waals surface area contributed by atoms with Crippen molar-refractivity contribution in [1.29, 1.82) is 0 Å². The van der Waals surface area contributed by atoms with Gasteiger partial charge in [0.15, 0.2) is 11.2 Å². The molecule has 7 N–H and O–H groups in total. The third kappa shape index (κ3) is 12.9. The van der Waals surface area contributed by atoms with E-state index in [1.54, 1.807) is 60.9 Å². The summed E-state index contributed by atoms with van der Waals surface area (Å²) in [5, 5.41) is 50.0. The number of carbonyl (C=O) groups excluding carboxylic acids is 4. The number of aromatic hydroxyl groups is 4. The van der Waals surface area contributed by atoms with E-state index in [9.17, 15) is 56.4 Å². The number of benzene rings is 8. The number of fused-ring (bicyclic) bond motifs is 14. The lowest BCUT2D eigenvalue weighted by molar-refractivity contribution is -0.119. The van der Waals surface area contributed by atoms with E-state index in [-0.39, 0.29) is 68.0 Å². The maximum atomic E-state index is 12.5. The molecule has 0 radical (unpaired) electrons. The Kier molecular flexibility index (Phi) is 17.9. The average molecular weight is 1380 g/mol. The van der Waals surface area contributed by atoms with Crippen molar-refractivity contribution in [3.8, 4) is 68.5 Å². The number of nitrogens with zero attached hydrogens (tertiary/aromatic N) is 6. The first-order valence-corrected chi connectivity index (χ1v) is 34.5. The van der Waals surface area contributed by atoms with Gasteiger partial charge in [0.05, 0.1) is 46.4 Å². The predicted molar refractivity (Wildman–Crippen MR) is 357 cm³/mol. The number of ether oxygens (including phenoxy) is 4. The van der Waals surface area contributed by atoms with Crippen LogP contribution in [0.3, 0.4) is 0 Å². The van der Waals surface area contributed by atoms with Crippen LogP contribution in [0.1, 0.15) is 74.9 Å². The Balaban J connectivity index is 0.000000121. The highest BCUT2D eigenvalue weighted by atomic mass is 32.2. The predicted octanol–water partition coefficient (Wildman–Crippen LogP) is 10.5. The number of nitrogens with two attached hydrogens (primary N) is 1. The van der Waals surface area contributed by atoms with Crippen molar-refractivity contribution in [1.82, 2.24) is 34.5 Å². The SMILES string of the molecule is CC(=O)NCCS(=O)(=O)c1nn2cc(-c3ccccc3)nc2s1.CC(C)=O.NCCS(=O)(=O)c1nn2cc(-c3ccccc3)nc2s1.O=C1OC2(c3ccc(O)cc3Oc3cc(O)ccc32)c2ccccc21.O=C1OC2(c3ccc(O)cc3Oc3cc(O)ccc32)c2ccccc21. The molecule has 24 nitrogen and oxygen atoms in total. The van der Waals surface area contributed by atoms with E-state index in [1.807, 2.05) is 84.9 Å². The molecular weight excluding hydrogens is 1330 g/mol. The van der Waals surface area contributed by atoms with Crippen LogP contribution in [0.2, 0.25) is 0 Å². The number of hydrogen-bond acceptors (Lipinski definition) is 23. The lowest BCUT2D eigenvalue weighted by atomic mass is 9.77. The van der Waals surface area contributed by atoms with Gasteiger partial charge in [0.1, 0.15) is 51.8 Å². The van der Waals surface area contributed by atoms with Crippen LogP contribution in [0, 0.1) is 0 Å². The second-order valence-corrected chi connectivity index (χ2v) is 28.6. The molecule has 0 bridgehead atoms. The van der Waals surface area contributed by atoms with Gasteiger partial charge in [0.2, 0.25) is 44.2 Å². The van der Waals surface area contributed by atoms with Gasteiger partial charge in [0, 0.05) is 88.8 Å². The molecule has 0 saturated carbocycles. The molecule has 97 heavy (non-hydrogen) atoms. The van der Waals surface area contributed by atoms with E-state index < -0.39 is 42.8 Å². The fourth-order valence-corrected chi connectivity index (χ4v) is 15.8. The van der Waals surface area contributed by atoms with Crippen LogP contribution in [0.25, 0.3) is 32.4 Å². The minimum Gasteiger partial charge on any atom is -0.508 e. The summed E-state index contributed by atoms with van der Waals surface area (Å²) < 4.78 is 74.7. The molecule has 16 rings (SSSR count). The number of esters is 2. The minimum absolute atomic E-state index is 0.00460. The molecule has 2 spiro atoms. The summed E-state index contributed by atoms with van der Waals surface area (Å²) in [6, 6.07) is 52.4. The zero-order valence-corrected chi connectivity index (χ0v) is 54.7. The van der Waals surface area contributed by atoms with E-state index >= 15 is 0 Å². The fraction of sp³-hybridized carbons (Fsp3) is 0.130. The Morgan fingerprint density at radius 3 is 1.18 bits per heavy atom. The standard InChI is InChI=1S/2C20H12O5.C14H14N4O3S2.C12H12N4O2S2.C3H6O/c2*21-11-5-7-15-17(9-11)24-18-10-12(22)6-8-16(18)20(15)14-4-2-1-3-13(14)19(23)25-20;1-10(19)15-7-8-23(20,21)14-17-18-9-12(16-13(18)22-14)11-5-3-2-4-6-11;13-6-7-20(17,18)12-15-16-8-10(14-11(16)19-12)9-4-2-1-3-5-9;1-3(2)4/h2*1-10,21-22H;2-6,9H,7-8H2,1H3,(H,15,19);1-5,8H,6-7,13H2;1-2H3. The Morgan fingerprint density at radius 2 is 0.835 bits per heavy atom. The molecule has 1 amide bonds. The van der Waals surface area contributed by atoms with Gasteiger partial charge in [-0.25, -0.2) is 45.4 Å². The second-order valence-electron chi connectivity index (χ2n) is 22.2. The number of sulfone groups is 2. The first-order valence-electron chi connectivity index (χ1n) is 29.5. The zero-order valence-electron chi connectivity index (χ0n) is 51.4. The van der Waals surface area contributed by atoms with E-state index in [2.05, 4.69) is 25.5 Å². The summed E-state index contributed by atoms with van der Waals surface area (Å²) in [5.41, 5.74) is 11.3. The van der Waals surface area contributed by atoms with Crippen LogP contribution in [0.4, 0.5) is 0 Å². The highest BCUT2D eigenvalue weighted by Crippen LogP contribution is 2.58. The monoisotopic (exact) mass is 1380 g/mol. The number of aromatic nitrogens is 6. The molecule has 4 aliphatic rings. The lowest BCUT2D eigenvalue weighted by Crippen LogP contribution is -2.32. The number of ketones is 1. The number of phenolic OH excluding ortho intramolecular Hbond substituents is 4. The van der Waals surface area contributed by atoms with Gasteiger partial charge in [-0.2, -0.15) is 0 Å². The number of carbonyl (C=O) groups is 4. The fourth-order valence-electron chi connectivity index (χ4n) is 11.1. The van der Waals surface area contributed by atoms with Crippen molar-refractivity contribution >= 4 is 75.9 Å². The molecule has 8 aromatic carbocycles. The molecule has 492 valence electrons. The van der Waals surface area contributed by atoms with Crippen LogP contribution in [0.5, 0.6) is 46.0 Å². The molecule has 0 saturated heterocycles. The highest BCUT2D eigenvalue weighted by Gasteiger charge is 2.55. The van der Waals surface area contributed by atoms with E-state index in [0.717, 1.165) is 45.2 Å². The first-order chi connectivity index (χ1) is 46.5. The molecule has 8 heterocycles. The summed E-state index contributed by atoms with van der Waals surface area (Å²) in [7, 11) is -6.93. The maximum absolute atomic E-state index is 12.5. The van der Waals surface area contributed by atoms with E-state index in [4.69, 9.17) is 24.7 Å². The van der Waals surface area contributed by atoms with Crippen molar-refractivity contribution in [3.05, 3.63) is 239 Å². The minimum atomic E-state index is -3.53. The van der Waals surface area contributed by atoms with Crippen LogP contribution >= 0.6 is 22.7 Å². The summed E-state index contributed by atoms with van der Waals surface area (Å²) in [4.78, 5) is 55.2. The van der Waals surface area contributed by atoms with Crippen LogP contribution in [0.15, 0.2) is 203 Å². The topological polar surface area (TPSA) is 353 Å². The van der Waals surface area contributed by atoms with Crippen molar-refractivity contribution in [3.63, 3.8) is 0 Å². The Morgan fingerprint density at radius 1 is 0.495 bits per heavy atom. The van der Waals surface area contributed by atoms with Gasteiger partial charge in [-0.1, -0.05) is 120 Å². The molecule has 12 aromatic rings. The molecule has 28 heteroatoms. The molecule has 0 fully saturated rings. The van der Waals surface area contributed by atoms with Crippen molar-refractivity contribution < 1.29 is 75.4 Å². The summed E-state index contributed by atoms with van der Waals surface area (Å²) in [6.45, 7) is 4.55. The van der Waals surface area contributed by atoms with Crippen LogP contribution in [-0.2, 0) is 49.9 Å². The lowest BCUT2D eigenvalue weighted by Gasteiger charge is -2.36. The number of phenols is 4. The summed E-state index contributed by atoms with van der Waals surface area (Å²) in [5.74, 6) is 0.433. The molecular formula is C69H56N8O16S4. The van der Waals surface area contributed by atoms with Gasteiger partial charge in [-0.05, 0) is 74.5 Å². The number of amides is 1. The quantitative estimate of drug-likeness (QED) is 0.0731. The smallest absolute Gasteiger partial charge is 0.340 e.